The molecule has 1 aromatic carbocycles. The fourth-order valence-electron chi connectivity index (χ4n) is 2.77. The highest BCUT2D eigenvalue weighted by atomic mass is 15.4. The van der Waals surface area contributed by atoms with Crippen LogP contribution in [0.25, 0.3) is 17.1 Å². The number of anilines is 2. The van der Waals surface area contributed by atoms with E-state index >= 15 is 0 Å². The summed E-state index contributed by atoms with van der Waals surface area (Å²) in [5.41, 5.74) is 4.64. The van der Waals surface area contributed by atoms with Gasteiger partial charge in [0.05, 0.1) is 23.7 Å². The maximum absolute atomic E-state index is 8.94. The van der Waals surface area contributed by atoms with Crippen LogP contribution in [-0.2, 0) is 7.05 Å². The third-order valence-electron chi connectivity index (χ3n) is 4.02. The number of hydrogen-bond donors (Lipinski definition) is 1. The first-order valence-corrected chi connectivity index (χ1v) is 8.05. The second kappa shape index (κ2) is 5.97. The van der Waals surface area contributed by atoms with Crippen molar-refractivity contribution in [2.75, 3.05) is 5.32 Å². The zero-order chi connectivity index (χ0) is 18.3. The van der Waals surface area contributed by atoms with Gasteiger partial charge in [-0.3, -0.25) is 0 Å². The Kier molecular flexibility index (Phi) is 3.62. The van der Waals surface area contributed by atoms with Gasteiger partial charge in [0.25, 0.3) is 5.95 Å². The van der Waals surface area contributed by atoms with Crippen molar-refractivity contribution in [2.24, 2.45) is 7.05 Å². The predicted molar refractivity (Wildman–Crippen MR) is 97.3 cm³/mol. The standard InChI is InChI=1S/C18H16N8/c1-11-8-12(2)26(24-11)18-22-16(15-17(23-18)25(3)10-20-15)21-14-6-4-13(9-19)5-7-14/h4-8,10H,1-3H3,(H,21,22,23). The molecule has 0 radical (unpaired) electrons. The SMILES string of the molecule is Cc1cc(C)n(-c2nc(Nc3ccc(C#N)cc3)c3ncn(C)c3n2)n1. The van der Waals surface area contributed by atoms with Gasteiger partial charge in [0.15, 0.2) is 17.0 Å². The number of fused-ring (bicyclic) bond motifs is 1. The van der Waals surface area contributed by atoms with E-state index in [1.165, 1.54) is 0 Å². The highest BCUT2D eigenvalue weighted by Crippen LogP contribution is 2.24. The number of imidazole rings is 1. The maximum Gasteiger partial charge on any atom is 0.254 e. The lowest BCUT2D eigenvalue weighted by molar-refractivity contribution is 0.776. The van der Waals surface area contributed by atoms with Gasteiger partial charge in [-0.15, -0.1) is 0 Å². The number of hydrogen-bond acceptors (Lipinski definition) is 6. The van der Waals surface area contributed by atoms with Crippen LogP contribution in [0.15, 0.2) is 36.7 Å². The summed E-state index contributed by atoms with van der Waals surface area (Å²) in [6.45, 7) is 3.90. The van der Waals surface area contributed by atoms with Gasteiger partial charge in [-0.1, -0.05) is 0 Å². The molecule has 4 rings (SSSR count). The molecule has 8 nitrogen and oxygen atoms in total. The van der Waals surface area contributed by atoms with E-state index in [9.17, 15) is 0 Å². The second-order valence-corrected chi connectivity index (χ2v) is 6.05. The van der Waals surface area contributed by atoms with Crippen LogP contribution in [0.1, 0.15) is 17.0 Å². The van der Waals surface area contributed by atoms with Crippen molar-refractivity contribution in [3.63, 3.8) is 0 Å². The van der Waals surface area contributed by atoms with Crippen molar-refractivity contribution in [3.05, 3.63) is 53.6 Å². The molecule has 0 bridgehead atoms. The van der Waals surface area contributed by atoms with Crippen LogP contribution in [0.4, 0.5) is 11.5 Å². The lowest BCUT2D eigenvalue weighted by Gasteiger charge is -2.09. The molecule has 0 saturated carbocycles. The van der Waals surface area contributed by atoms with Gasteiger partial charge in [0.2, 0.25) is 0 Å². The van der Waals surface area contributed by atoms with Crippen molar-refractivity contribution < 1.29 is 0 Å². The van der Waals surface area contributed by atoms with E-state index in [0.29, 0.717) is 28.5 Å². The number of aryl methyl sites for hydroxylation is 3. The molecule has 1 N–H and O–H groups in total. The fraction of sp³-hybridized carbons (Fsp3) is 0.167. The van der Waals surface area contributed by atoms with E-state index < -0.39 is 0 Å². The summed E-state index contributed by atoms with van der Waals surface area (Å²) < 4.78 is 3.56. The Hall–Kier alpha value is -3.73. The van der Waals surface area contributed by atoms with Gasteiger partial charge >= 0.3 is 0 Å². The molecule has 0 unspecified atom stereocenters. The summed E-state index contributed by atoms with van der Waals surface area (Å²) in [6.07, 6.45) is 1.70. The van der Waals surface area contributed by atoms with Crippen LogP contribution in [0.2, 0.25) is 0 Å². The minimum Gasteiger partial charge on any atom is -0.338 e. The Labute approximate surface area is 149 Å². The van der Waals surface area contributed by atoms with E-state index in [4.69, 9.17) is 5.26 Å². The number of nitrogens with zero attached hydrogens (tertiary/aromatic N) is 7. The Balaban J connectivity index is 1.84. The van der Waals surface area contributed by atoms with Crippen LogP contribution >= 0.6 is 0 Å². The van der Waals surface area contributed by atoms with Crippen LogP contribution in [0, 0.1) is 25.2 Å². The van der Waals surface area contributed by atoms with Crippen LogP contribution < -0.4 is 5.32 Å². The Bertz CT molecular complexity index is 1140. The van der Waals surface area contributed by atoms with Crippen molar-refractivity contribution in [3.8, 4) is 12.0 Å². The summed E-state index contributed by atoms with van der Waals surface area (Å²) in [5.74, 6) is 1.06. The fourth-order valence-corrected chi connectivity index (χ4v) is 2.77. The number of aromatic nitrogens is 6. The Morgan fingerprint density at radius 1 is 1.12 bits per heavy atom. The summed E-state index contributed by atoms with van der Waals surface area (Å²) in [7, 11) is 1.89. The third kappa shape index (κ3) is 2.65. The van der Waals surface area contributed by atoms with Crippen LogP contribution in [0.3, 0.4) is 0 Å². The molecule has 26 heavy (non-hydrogen) atoms. The number of rotatable bonds is 3. The molecule has 0 spiro atoms. The van der Waals surface area contributed by atoms with E-state index in [0.717, 1.165) is 17.1 Å². The molecule has 0 saturated heterocycles. The topological polar surface area (TPSA) is 97.2 Å². The van der Waals surface area contributed by atoms with Crippen molar-refractivity contribution in [1.82, 2.24) is 29.3 Å². The lowest BCUT2D eigenvalue weighted by atomic mass is 10.2. The summed E-state index contributed by atoms with van der Waals surface area (Å²) in [4.78, 5) is 13.7. The number of benzene rings is 1. The average Bonchev–Trinajstić information content (AvgIpc) is 3.18. The van der Waals surface area contributed by atoms with Crippen molar-refractivity contribution in [2.45, 2.75) is 13.8 Å². The Morgan fingerprint density at radius 3 is 2.54 bits per heavy atom. The Morgan fingerprint density at radius 2 is 1.88 bits per heavy atom. The zero-order valence-corrected chi connectivity index (χ0v) is 14.6. The van der Waals surface area contributed by atoms with E-state index in [2.05, 4.69) is 31.4 Å². The van der Waals surface area contributed by atoms with Gasteiger partial charge in [0.1, 0.15) is 0 Å². The zero-order valence-electron chi connectivity index (χ0n) is 14.6. The van der Waals surface area contributed by atoms with Gasteiger partial charge in [-0.2, -0.15) is 20.3 Å². The molecule has 0 amide bonds. The van der Waals surface area contributed by atoms with E-state index in [-0.39, 0.29) is 0 Å². The smallest absolute Gasteiger partial charge is 0.254 e. The molecule has 0 fully saturated rings. The summed E-state index contributed by atoms with van der Waals surface area (Å²) in [5, 5.41) is 16.7. The first kappa shape index (κ1) is 15.8. The van der Waals surface area contributed by atoms with Gasteiger partial charge in [0, 0.05) is 18.4 Å². The molecule has 3 aromatic heterocycles. The van der Waals surface area contributed by atoms with Gasteiger partial charge in [-0.25, -0.2) is 9.67 Å². The highest BCUT2D eigenvalue weighted by molar-refractivity contribution is 5.86. The molecule has 0 atom stereocenters. The normalized spacial score (nSPS) is 10.8. The predicted octanol–water partition coefficient (Wildman–Crippen LogP) is 2.78. The van der Waals surface area contributed by atoms with Gasteiger partial charge in [-0.05, 0) is 44.2 Å². The number of nitrogens with one attached hydrogen (secondary N) is 1. The molecule has 128 valence electrons. The first-order chi connectivity index (χ1) is 12.5. The molecule has 4 aromatic rings. The maximum atomic E-state index is 8.94. The third-order valence-corrected chi connectivity index (χ3v) is 4.02. The van der Waals surface area contributed by atoms with E-state index in [1.807, 2.05) is 43.7 Å². The largest absolute Gasteiger partial charge is 0.338 e. The molecule has 0 aliphatic heterocycles. The molecule has 8 heteroatoms. The van der Waals surface area contributed by atoms with Crippen molar-refractivity contribution >= 4 is 22.7 Å². The summed E-state index contributed by atoms with van der Waals surface area (Å²) in [6, 6.07) is 11.3. The van der Waals surface area contributed by atoms with Crippen LogP contribution in [0.5, 0.6) is 0 Å². The lowest BCUT2D eigenvalue weighted by Crippen LogP contribution is -2.08. The minimum atomic E-state index is 0.475. The van der Waals surface area contributed by atoms with Gasteiger partial charge < -0.3 is 9.88 Å². The number of nitriles is 1. The molecule has 3 heterocycles. The first-order valence-electron chi connectivity index (χ1n) is 8.05. The molecular formula is C18H16N8. The molecule has 0 aliphatic carbocycles. The average molecular weight is 344 g/mol. The second-order valence-electron chi connectivity index (χ2n) is 6.05. The minimum absolute atomic E-state index is 0.475. The summed E-state index contributed by atoms with van der Waals surface area (Å²) >= 11 is 0. The van der Waals surface area contributed by atoms with Crippen molar-refractivity contribution in [1.29, 1.82) is 5.26 Å². The molecule has 0 aliphatic rings. The van der Waals surface area contributed by atoms with Crippen LogP contribution in [-0.4, -0.2) is 29.3 Å². The quantitative estimate of drug-likeness (QED) is 0.614. The monoisotopic (exact) mass is 344 g/mol. The molecular weight excluding hydrogens is 328 g/mol. The van der Waals surface area contributed by atoms with E-state index in [1.54, 1.807) is 23.1 Å². The highest BCUT2D eigenvalue weighted by Gasteiger charge is 2.15.